The minimum absolute atomic E-state index is 0.131. The number of carbonyl (C=O) groups is 1. The average molecular weight is 586 g/mol. The number of thiazole rings is 1. The van der Waals surface area contributed by atoms with Crippen molar-refractivity contribution in [3.05, 3.63) is 53.0 Å². The Bertz CT molecular complexity index is 1290. The maximum absolute atomic E-state index is 14.8. The van der Waals surface area contributed by atoms with E-state index in [1.54, 1.807) is 24.4 Å². The van der Waals surface area contributed by atoms with Crippen molar-refractivity contribution in [2.45, 2.75) is 90.0 Å². The van der Waals surface area contributed by atoms with Gasteiger partial charge in [0, 0.05) is 29.2 Å². The second-order valence-corrected chi connectivity index (χ2v) is 17.9. The van der Waals surface area contributed by atoms with E-state index >= 15 is 0 Å². The molecule has 0 atom stereocenters. The summed E-state index contributed by atoms with van der Waals surface area (Å²) in [5.41, 5.74) is 0.400. The lowest BCUT2D eigenvalue weighted by Crippen LogP contribution is -2.49. The van der Waals surface area contributed by atoms with Crippen LogP contribution in [0.5, 0.6) is 0 Å². The van der Waals surface area contributed by atoms with Crippen molar-refractivity contribution in [3.63, 3.8) is 0 Å². The van der Waals surface area contributed by atoms with Crippen LogP contribution < -0.4 is 4.90 Å². The van der Waals surface area contributed by atoms with Crippen LogP contribution in [-0.4, -0.2) is 47.7 Å². The summed E-state index contributed by atoms with van der Waals surface area (Å²) in [5, 5.41) is 9.66. The number of anilines is 1. The molecule has 0 N–H and O–H groups in total. The van der Waals surface area contributed by atoms with Gasteiger partial charge in [-0.2, -0.15) is 0 Å². The van der Waals surface area contributed by atoms with E-state index in [9.17, 15) is 9.18 Å². The van der Waals surface area contributed by atoms with E-state index in [0.717, 1.165) is 42.0 Å². The van der Waals surface area contributed by atoms with Crippen molar-refractivity contribution in [1.29, 1.82) is 0 Å². The Labute approximate surface area is 241 Å². The van der Waals surface area contributed by atoms with Gasteiger partial charge in [0.05, 0.1) is 18.9 Å². The summed E-state index contributed by atoms with van der Waals surface area (Å²) in [6.07, 6.45) is 6.95. The Kier molecular flexibility index (Phi) is 9.36. The zero-order valence-electron chi connectivity index (χ0n) is 24.4. The Morgan fingerprint density at radius 1 is 1.18 bits per heavy atom. The van der Waals surface area contributed by atoms with Gasteiger partial charge in [0.2, 0.25) is 0 Å². The summed E-state index contributed by atoms with van der Waals surface area (Å²) in [5.74, 6) is -0.00839. The smallest absolute Gasteiger partial charge is 0.415 e. The van der Waals surface area contributed by atoms with Gasteiger partial charge < -0.3 is 9.16 Å². The molecule has 1 aliphatic rings. The summed E-state index contributed by atoms with van der Waals surface area (Å²) in [4.78, 5) is 24.6. The number of rotatable bonds is 11. The maximum Gasteiger partial charge on any atom is 0.415 e. The fourth-order valence-electron chi connectivity index (χ4n) is 4.32. The van der Waals surface area contributed by atoms with Gasteiger partial charge in [-0.25, -0.2) is 14.2 Å². The van der Waals surface area contributed by atoms with Crippen LogP contribution in [0.3, 0.4) is 0 Å². The topological polar surface area (TPSA) is 90.3 Å². The van der Waals surface area contributed by atoms with E-state index < -0.39 is 19.8 Å². The van der Waals surface area contributed by atoms with Crippen LogP contribution in [0.15, 0.2) is 36.7 Å². The standard InChI is InChI=1S/C29H40FN5O3SSi/c1-7-8-17-37-27(36)35(20-29(14-10-15-29)25-22(30)11-9-16-31-25)24-13-12-23(33-34-24)26-32-18-21(39-26)19-38-40(5,6)28(2,3)4/h9,11-13,16,18H,7-8,10,14-15,17,19-20H2,1-6H3. The van der Waals surface area contributed by atoms with Crippen molar-refractivity contribution in [3.8, 4) is 10.7 Å². The molecule has 1 aliphatic carbocycles. The number of unbranched alkanes of at least 4 members (excludes halogenated alkanes) is 1. The lowest BCUT2D eigenvalue weighted by Gasteiger charge is -2.43. The zero-order valence-corrected chi connectivity index (χ0v) is 26.2. The van der Waals surface area contributed by atoms with E-state index in [0.29, 0.717) is 30.4 Å². The number of nitrogens with zero attached hydrogens (tertiary/aromatic N) is 5. The fraction of sp³-hybridized carbons (Fsp3) is 0.552. The molecule has 0 saturated heterocycles. The fourth-order valence-corrected chi connectivity index (χ4v) is 6.16. The molecule has 3 aromatic rings. The van der Waals surface area contributed by atoms with Crippen LogP contribution in [-0.2, 0) is 21.2 Å². The molecule has 0 radical (unpaired) electrons. The van der Waals surface area contributed by atoms with Gasteiger partial charge in [-0.3, -0.25) is 9.88 Å². The number of pyridine rings is 1. The predicted octanol–water partition coefficient (Wildman–Crippen LogP) is 7.52. The van der Waals surface area contributed by atoms with Crippen LogP contribution in [0.4, 0.5) is 15.0 Å². The number of halogens is 1. The lowest BCUT2D eigenvalue weighted by molar-refractivity contribution is 0.145. The van der Waals surface area contributed by atoms with E-state index in [2.05, 4.69) is 54.0 Å². The quantitative estimate of drug-likeness (QED) is 0.170. The molecule has 1 amide bonds. The third-order valence-corrected chi connectivity index (χ3v) is 13.5. The number of hydrogen-bond donors (Lipinski definition) is 0. The first-order valence-corrected chi connectivity index (χ1v) is 17.7. The highest BCUT2D eigenvalue weighted by Crippen LogP contribution is 2.45. The molecule has 11 heteroatoms. The lowest BCUT2D eigenvalue weighted by atomic mass is 9.66. The highest BCUT2D eigenvalue weighted by Gasteiger charge is 2.45. The minimum Gasteiger partial charge on any atom is -0.449 e. The van der Waals surface area contributed by atoms with Gasteiger partial charge in [0.15, 0.2) is 14.1 Å². The van der Waals surface area contributed by atoms with E-state index in [1.807, 2.05) is 13.1 Å². The molecule has 0 bridgehead atoms. The van der Waals surface area contributed by atoms with Crippen molar-refractivity contribution >= 4 is 31.6 Å². The molecule has 1 fully saturated rings. The van der Waals surface area contributed by atoms with Crippen molar-refractivity contribution < 1.29 is 18.3 Å². The van der Waals surface area contributed by atoms with Gasteiger partial charge >= 0.3 is 6.09 Å². The van der Waals surface area contributed by atoms with Gasteiger partial charge in [-0.05, 0) is 61.7 Å². The Hall–Kier alpha value is -2.76. The molecule has 216 valence electrons. The van der Waals surface area contributed by atoms with Gasteiger partial charge in [0.1, 0.15) is 16.5 Å². The summed E-state index contributed by atoms with van der Waals surface area (Å²) < 4.78 is 26.7. The number of carbonyl (C=O) groups excluding carboxylic acids is 1. The monoisotopic (exact) mass is 585 g/mol. The number of ether oxygens (including phenoxy) is 1. The largest absolute Gasteiger partial charge is 0.449 e. The Morgan fingerprint density at radius 2 is 1.95 bits per heavy atom. The Balaban J connectivity index is 1.54. The first-order valence-electron chi connectivity index (χ1n) is 13.9. The Morgan fingerprint density at radius 3 is 2.55 bits per heavy atom. The number of amides is 1. The molecule has 8 nitrogen and oxygen atoms in total. The van der Waals surface area contributed by atoms with Crippen LogP contribution in [0.2, 0.25) is 18.1 Å². The molecule has 0 aliphatic heterocycles. The van der Waals surface area contributed by atoms with E-state index in [1.165, 1.54) is 22.3 Å². The molecule has 3 aromatic heterocycles. The predicted molar refractivity (Wildman–Crippen MR) is 158 cm³/mol. The molecule has 0 aromatic carbocycles. The van der Waals surface area contributed by atoms with Gasteiger partial charge in [-0.15, -0.1) is 21.5 Å². The molecule has 0 unspecified atom stereocenters. The molecular weight excluding hydrogens is 546 g/mol. The normalized spacial score (nSPS) is 15.0. The molecule has 4 rings (SSSR count). The third kappa shape index (κ3) is 6.75. The molecular formula is C29H40FN5O3SSi. The third-order valence-electron chi connectivity index (χ3n) is 8.06. The number of hydrogen-bond acceptors (Lipinski definition) is 8. The van der Waals surface area contributed by atoms with Crippen molar-refractivity contribution in [2.75, 3.05) is 18.1 Å². The maximum atomic E-state index is 14.8. The highest BCUT2D eigenvalue weighted by molar-refractivity contribution is 7.15. The average Bonchev–Trinajstić information content (AvgIpc) is 3.37. The van der Waals surface area contributed by atoms with Crippen molar-refractivity contribution in [1.82, 2.24) is 20.2 Å². The second kappa shape index (κ2) is 12.4. The summed E-state index contributed by atoms with van der Waals surface area (Å²) >= 11 is 1.52. The minimum atomic E-state index is -1.87. The van der Waals surface area contributed by atoms with Crippen LogP contribution in [0, 0.1) is 5.82 Å². The molecule has 40 heavy (non-hydrogen) atoms. The first kappa shape index (κ1) is 30.2. The SMILES string of the molecule is CCCCOC(=O)N(CC1(c2ncccc2F)CCC1)c1ccc(-c2ncc(CO[Si](C)(C)C(C)(C)C)s2)nn1. The second-order valence-electron chi connectivity index (χ2n) is 12.0. The van der Waals surface area contributed by atoms with Gasteiger partial charge in [-0.1, -0.05) is 40.5 Å². The molecule has 3 heterocycles. The summed E-state index contributed by atoms with van der Waals surface area (Å²) in [6, 6.07) is 6.55. The van der Waals surface area contributed by atoms with E-state index in [-0.39, 0.29) is 17.4 Å². The highest BCUT2D eigenvalue weighted by atomic mass is 32.1. The number of aromatic nitrogens is 4. The van der Waals surface area contributed by atoms with E-state index in [4.69, 9.17) is 9.16 Å². The summed E-state index contributed by atoms with van der Waals surface area (Å²) in [6.45, 7) is 14.2. The van der Waals surface area contributed by atoms with Crippen LogP contribution in [0.25, 0.3) is 10.7 Å². The van der Waals surface area contributed by atoms with Crippen LogP contribution >= 0.6 is 11.3 Å². The van der Waals surface area contributed by atoms with Gasteiger partial charge in [0.25, 0.3) is 0 Å². The van der Waals surface area contributed by atoms with Crippen LogP contribution in [0.1, 0.15) is 70.4 Å². The molecule has 0 spiro atoms. The first-order chi connectivity index (χ1) is 19.0. The van der Waals surface area contributed by atoms with Crippen molar-refractivity contribution in [2.24, 2.45) is 0 Å². The summed E-state index contributed by atoms with van der Waals surface area (Å²) in [7, 11) is -1.87. The zero-order chi connectivity index (χ0) is 29.0. The molecule has 1 saturated carbocycles.